The summed E-state index contributed by atoms with van der Waals surface area (Å²) in [5, 5.41) is 3.16. The van der Waals surface area contributed by atoms with Crippen LogP contribution in [-0.2, 0) is 14.2 Å². The van der Waals surface area contributed by atoms with Gasteiger partial charge in [-0.3, -0.25) is 9.89 Å². The molecule has 0 aromatic carbocycles. The number of morpholine rings is 1. The lowest BCUT2D eigenvalue weighted by atomic mass is 10.3. The van der Waals surface area contributed by atoms with E-state index in [1.807, 2.05) is 0 Å². The van der Waals surface area contributed by atoms with Gasteiger partial charge in [-0.15, -0.1) is 0 Å². The largest absolute Gasteiger partial charge is 0.379 e. The summed E-state index contributed by atoms with van der Waals surface area (Å²) in [6.07, 6.45) is 3.25. The normalized spacial score (nSPS) is 23.8. The summed E-state index contributed by atoms with van der Waals surface area (Å²) in [5.74, 6) is 0.533. The van der Waals surface area contributed by atoms with Crippen molar-refractivity contribution >= 4 is 5.96 Å². The Morgan fingerprint density at radius 1 is 1.23 bits per heavy atom. The molecule has 2 aliphatic rings. The van der Waals surface area contributed by atoms with Crippen LogP contribution in [0, 0.1) is 0 Å². The van der Waals surface area contributed by atoms with E-state index in [1.165, 1.54) is 0 Å². The Labute approximate surface area is 133 Å². The van der Waals surface area contributed by atoms with Crippen LogP contribution >= 0.6 is 0 Å². The average molecular weight is 314 g/mol. The molecule has 0 saturated carbocycles. The predicted octanol–water partition coefficient (Wildman–Crippen LogP) is -0.191. The quantitative estimate of drug-likeness (QED) is 0.349. The van der Waals surface area contributed by atoms with Crippen LogP contribution in [-0.4, -0.2) is 82.7 Å². The summed E-state index contributed by atoms with van der Waals surface area (Å²) >= 11 is 0. The van der Waals surface area contributed by atoms with Crippen molar-refractivity contribution in [3.05, 3.63) is 0 Å². The van der Waals surface area contributed by atoms with Crippen molar-refractivity contribution < 1.29 is 14.2 Å². The van der Waals surface area contributed by atoms with Crippen LogP contribution in [0.15, 0.2) is 4.99 Å². The molecule has 128 valence electrons. The number of guanidine groups is 1. The van der Waals surface area contributed by atoms with Crippen molar-refractivity contribution in [3.8, 4) is 0 Å². The second kappa shape index (κ2) is 10.8. The minimum absolute atomic E-state index is 0.277. The maximum absolute atomic E-state index is 5.84. The van der Waals surface area contributed by atoms with Gasteiger partial charge < -0.3 is 25.3 Å². The number of nitrogens with two attached hydrogens (primary N) is 1. The van der Waals surface area contributed by atoms with Gasteiger partial charge in [0.2, 0.25) is 0 Å². The lowest BCUT2D eigenvalue weighted by Gasteiger charge is -2.26. The van der Waals surface area contributed by atoms with E-state index in [4.69, 9.17) is 19.9 Å². The lowest BCUT2D eigenvalue weighted by Crippen LogP contribution is -2.39. The van der Waals surface area contributed by atoms with Crippen molar-refractivity contribution in [1.82, 2.24) is 10.2 Å². The number of hydrogen-bond donors (Lipinski definition) is 2. The summed E-state index contributed by atoms with van der Waals surface area (Å²) < 4.78 is 16.3. The fourth-order valence-corrected chi connectivity index (χ4v) is 2.56. The summed E-state index contributed by atoms with van der Waals surface area (Å²) in [6.45, 7) is 8.71. The predicted molar refractivity (Wildman–Crippen MR) is 86.2 cm³/mol. The van der Waals surface area contributed by atoms with Gasteiger partial charge in [0.05, 0.1) is 25.9 Å². The summed E-state index contributed by atoms with van der Waals surface area (Å²) in [6, 6.07) is 0. The van der Waals surface area contributed by atoms with Gasteiger partial charge in [0.1, 0.15) is 0 Å². The molecule has 1 unspecified atom stereocenters. The van der Waals surface area contributed by atoms with E-state index in [9.17, 15) is 0 Å². The van der Waals surface area contributed by atoms with Crippen LogP contribution < -0.4 is 11.1 Å². The number of rotatable bonds is 9. The Bertz CT molecular complexity index is 316. The monoisotopic (exact) mass is 314 g/mol. The summed E-state index contributed by atoms with van der Waals surface area (Å²) in [4.78, 5) is 6.73. The first-order valence-electron chi connectivity index (χ1n) is 8.38. The molecule has 0 spiro atoms. The van der Waals surface area contributed by atoms with Crippen molar-refractivity contribution in [3.63, 3.8) is 0 Å². The SMILES string of the molecule is NC(=NCCCOC1CCOC1)NCCCN1CCOCC1. The number of ether oxygens (including phenoxy) is 3. The number of nitrogens with one attached hydrogen (secondary N) is 1. The molecule has 1 atom stereocenters. The molecule has 0 radical (unpaired) electrons. The highest BCUT2D eigenvalue weighted by molar-refractivity contribution is 5.77. The zero-order valence-corrected chi connectivity index (χ0v) is 13.5. The highest BCUT2D eigenvalue weighted by Crippen LogP contribution is 2.08. The number of aliphatic imine (C=N–C) groups is 1. The van der Waals surface area contributed by atoms with E-state index in [0.717, 1.165) is 78.5 Å². The van der Waals surface area contributed by atoms with Crippen molar-refractivity contribution in [2.45, 2.75) is 25.4 Å². The van der Waals surface area contributed by atoms with Crippen LogP contribution in [0.2, 0.25) is 0 Å². The molecule has 2 fully saturated rings. The first-order chi connectivity index (χ1) is 10.8. The first-order valence-corrected chi connectivity index (χ1v) is 8.38. The summed E-state index contributed by atoms with van der Waals surface area (Å²) in [5.41, 5.74) is 5.84. The molecule has 2 rings (SSSR count). The van der Waals surface area contributed by atoms with E-state index in [0.29, 0.717) is 12.5 Å². The van der Waals surface area contributed by atoms with Gasteiger partial charge in [-0.1, -0.05) is 0 Å². The molecule has 0 aliphatic carbocycles. The van der Waals surface area contributed by atoms with Crippen LogP contribution in [0.4, 0.5) is 0 Å². The third-order valence-corrected chi connectivity index (χ3v) is 3.89. The lowest BCUT2D eigenvalue weighted by molar-refractivity contribution is 0.0376. The molecule has 2 aliphatic heterocycles. The Kier molecular flexibility index (Phi) is 8.55. The molecule has 7 heteroatoms. The molecular formula is C15H30N4O3. The molecule has 7 nitrogen and oxygen atoms in total. The molecule has 0 bridgehead atoms. The third-order valence-electron chi connectivity index (χ3n) is 3.89. The molecule has 22 heavy (non-hydrogen) atoms. The van der Waals surface area contributed by atoms with E-state index in [1.54, 1.807) is 0 Å². The van der Waals surface area contributed by atoms with Gasteiger partial charge in [0.15, 0.2) is 5.96 Å². The number of nitrogens with zero attached hydrogens (tertiary/aromatic N) is 2. The van der Waals surface area contributed by atoms with Gasteiger partial charge >= 0.3 is 0 Å². The van der Waals surface area contributed by atoms with E-state index in [-0.39, 0.29) is 6.10 Å². The van der Waals surface area contributed by atoms with Crippen LogP contribution in [0.5, 0.6) is 0 Å². The third kappa shape index (κ3) is 7.40. The standard InChI is InChI=1S/C15H30N4O3/c16-15(17-4-1-6-19-7-11-20-12-8-19)18-5-2-9-22-14-3-10-21-13-14/h14H,1-13H2,(H3,16,17,18). The van der Waals surface area contributed by atoms with Crippen molar-refractivity contribution in [1.29, 1.82) is 0 Å². The minimum atomic E-state index is 0.277. The highest BCUT2D eigenvalue weighted by Gasteiger charge is 2.15. The molecule has 0 amide bonds. The Morgan fingerprint density at radius 3 is 2.86 bits per heavy atom. The Morgan fingerprint density at radius 2 is 2.09 bits per heavy atom. The van der Waals surface area contributed by atoms with Gasteiger partial charge in [0, 0.05) is 39.4 Å². The van der Waals surface area contributed by atoms with Gasteiger partial charge in [-0.05, 0) is 25.8 Å². The van der Waals surface area contributed by atoms with Crippen molar-refractivity contribution in [2.75, 3.05) is 65.8 Å². The Balaban J connectivity index is 1.41. The van der Waals surface area contributed by atoms with Gasteiger partial charge in [0.25, 0.3) is 0 Å². The minimum Gasteiger partial charge on any atom is -0.379 e. The van der Waals surface area contributed by atoms with Gasteiger partial charge in [-0.25, -0.2) is 0 Å². The second-order valence-corrected chi connectivity index (χ2v) is 5.71. The smallest absolute Gasteiger partial charge is 0.188 e. The molecule has 0 aromatic heterocycles. The first kappa shape index (κ1) is 17.5. The van der Waals surface area contributed by atoms with Crippen molar-refractivity contribution in [2.24, 2.45) is 10.7 Å². The fourth-order valence-electron chi connectivity index (χ4n) is 2.56. The molecule has 0 aromatic rings. The Hall–Kier alpha value is -0.890. The molecular weight excluding hydrogens is 284 g/mol. The number of hydrogen-bond acceptors (Lipinski definition) is 5. The topological polar surface area (TPSA) is 81.3 Å². The molecule has 2 saturated heterocycles. The fraction of sp³-hybridized carbons (Fsp3) is 0.933. The highest BCUT2D eigenvalue weighted by atomic mass is 16.5. The van der Waals surface area contributed by atoms with Crippen LogP contribution in [0.25, 0.3) is 0 Å². The van der Waals surface area contributed by atoms with E-state index in [2.05, 4.69) is 15.2 Å². The molecule has 3 N–H and O–H groups in total. The van der Waals surface area contributed by atoms with E-state index >= 15 is 0 Å². The van der Waals surface area contributed by atoms with Crippen LogP contribution in [0.3, 0.4) is 0 Å². The maximum atomic E-state index is 5.84. The zero-order chi connectivity index (χ0) is 15.5. The maximum Gasteiger partial charge on any atom is 0.188 e. The average Bonchev–Trinajstić information content (AvgIpc) is 3.06. The second-order valence-electron chi connectivity index (χ2n) is 5.71. The zero-order valence-electron chi connectivity index (χ0n) is 13.5. The van der Waals surface area contributed by atoms with Crippen LogP contribution in [0.1, 0.15) is 19.3 Å². The summed E-state index contributed by atoms with van der Waals surface area (Å²) in [7, 11) is 0. The van der Waals surface area contributed by atoms with E-state index < -0.39 is 0 Å². The molecule has 2 heterocycles. The van der Waals surface area contributed by atoms with Gasteiger partial charge in [-0.2, -0.15) is 0 Å².